The number of carbonyl (C=O) groups excluding carboxylic acids is 1. The molecule has 2 aromatic heterocycles. The van der Waals surface area contributed by atoms with Crippen LogP contribution < -0.4 is 5.32 Å². The van der Waals surface area contributed by atoms with Gasteiger partial charge in [-0.25, -0.2) is 14.8 Å². The zero-order chi connectivity index (χ0) is 14.7. The topological polar surface area (TPSA) is 92.2 Å². The van der Waals surface area contributed by atoms with Gasteiger partial charge in [0.15, 0.2) is 0 Å². The maximum Gasteiger partial charge on any atom is 0.339 e. The minimum atomic E-state index is -1.21. The fourth-order valence-corrected chi connectivity index (χ4v) is 1.76. The third kappa shape index (κ3) is 3.04. The molecule has 102 valence electrons. The molecule has 0 saturated heterocycles. The van der Waals surface area contributed by atoms with Crippen LogP contribution in [-0.4, -0.2) is 27.0 Å². The summed E-state index contributed by atoms with van der Waals surface area (Å²) < 4.78 is 0. The first-order chi connectivity index (χ1) is 9.49. The van der Waals surface area contributed by atoms with Gasteiger partial charge in [-0.3, -0.25) is 4.79 Å². The normalized spacial score (nSPS) is 10.1. The van der Waals surface area contributed by atoms with Gasteiger partial charge in [-0.1, -0.05) is 23.2 Å². The molecule has 0 fully saturated rings. The highest BCUT2D eigenvalue weighted by Gasteiger charge is 2.17. The number of carboxylic acid groups (broad SMARTS) is 1. The van der Waals surface area contributed by atoms with Crippen molar-refractivity contribution in [3.8, 4) is 0 Å². The summed E-state index contributed by atoms with van der Waals surface area (Å²) >= 11 is 11.5. The molecule has 0 radical (unpaired) electrons. The SMILES string of the molecule is O=C(O)c1cccnc1NC(=O)c1nc(Cl)ccc1Cl. The number of carbonyl (C=O) groups is 2. The molecule has 0 aliphatic heterocycles. The van der Waals surface area contributed by atoms with Crippen LogP contribution >= 0.6 is 23.2 Å². The van der Waals surface area contributed by atoms with Crippen LogP contribution in [0, 0.1) is 0 Å². The minimum Gasteiger partial charge on any atom is -0.478 e. The van der Waals surface area contributed by atoms with E-state index in [-0.39, 0.29) is 27.3 Å². The molecular weight excluding hydrogens is 305 g/mol. The molecule has 2 aromatic rings. The summed E-state index contributed by atoms with van der Waals surface area (Å²) in [6.45, 7) is 0. The Morgan fingerprint density at radius 2 is 1.95 bits per heavy atom. The Labute approximate surface area is 123 Å². The van der Waals surface area contributed by atoms with Crippen molar-refractivity contribution in [3.63, 3.8) is 0 Å². The van der Waals surface area contributed by atoms with E-state index in [1.165, 1.54) is 30.5 Å². The summed E-state index contributed by atoms with van der Waals surface area (Å²) in [7, 11) is 0. The van der Waals surface area contributed by atoms with Gasteiger partial charge in [-0.2, -0.15) is 0 Å². The molecule has 8 heteroatoms. The third-order valence-corrected chi connectivity index (χ3v) is 2.81. The molecule has 0 atom stereocenters. The van der Waals surface area contributed by atoms with Gasteiger partial charge in [0, 0.05) is 6.20 Å². The fraction of sp³-hybridized carbons (Fsp3) is 0. The van der Waals surface area contributed by atoms with Crippen LogP contribution in [0.5, 0.6) is 0 Å². The number of rotatable bonds is 3. The lowest BCUT2D eigenvalue weighted by Crippen LogP contribution is -2.17. The van der Waals surface area contributed by atoms with Gasteiger partial charge in [0.25, 0.3) is 5.91 Å². The third-order valence-electron chi connectivity index (χ3n) is 2.30. The molecule has 0 saturated carbocycles. The number of nitrogens with zero attached hydrogens (tertiary/aromatic N) is 2. The molecule has 0 bridgehead atoms. The van der Waals surface area contributed by atoms with Gasteiger partial charge < -0.3 is 10.4 Å². The average molecular weight is 312 g/mol. The van der Waals surface area contributed by atoms with Crippen molar-refractivity contribution in [1.82, 2.24) is 9.97 Å². The molecule has 2 heterocycles. The molecule has 20 heavy (non-hydrogen) atoms. The van der Waals surface area contributed by atoms with Crippen molar-refractivity contribution in [2.75, 3.05) is 5.32 Å². The van der Waals surface area contributed by atoms with Crippen LogP contribution in [-0.2, 0) is 0 Å². The molecule has 0 unspecified atom stereocenters. The Morgan fingerprint density at radius 1 is 1.20 bits per heavy atom. The number of aromatic nitrogens is 2. The smallest absolute Gasteiger partial charge is 0.339 e. The highest BCUT2D eigenvalue weighted by molar-refractivity contribution is 6.35. The quantitative estimate of drug-likeness (QED) is 0.850. The fourth-order valence-electron chi connectivity index (χ4n) is 1.42. The number of nitrogens with one attached hydrogen (secondary N) is 1. The summed E-state index contributed by atoms with van der Waals surface area (Å²) in [5.41, 5.74) is -0.250. The summed E-state index contributed by atoms with van der Waals surface area (Å²) in [4.78, 5) is 30.6. The Balaban J connectivity index is 2.33. The monoisotopic (exact) mass is 311 g/mol. The number of halogens is 2. The summed E-state index contributed by atoms with van der Waals surface area (Å²) in [5.74, 6) is -2.00. The van der Waals surface area contributed by atoms with Gasteiger partial charge in [0.1, 0.15) is 22.2 Å². The van der Waals surface area contributed by atoms with E-state index in [9.17, 15) is 9.59 Å². The van der Waals surface area contributed by atoms with E-state index < -0.39 is 11.9 Å². The van der Waals surface area contributed by atoms with Crippen LogP contribution in [0.2, 0.25) is 10.2 Å². The molecule has 2 rings (SSSR count). The van der Waals surface area contributed by atoms with Crippen molar-refractivity contribution in [2.45, 2.75) is 0 Å². The zero-order valence-corrected chi connectivity index (χ0v) is 11.3. The van der Waals surface area contributed by atoms with Crippen LogP contribution in [0.4, 0.5) is 5.82 Å². The summed E-state index contributed by atoms with van der Waals surface area (Å²) in [6, 6.07) is 5.62. The van der Waals surface area contributed by atoms with Gasteiger partial charge in [-0.15, -0.1) is 0 Å². The largest absolute Gasteiger partial charge is 0.478 e. The van der Waals surface area contributed by atoms with Crippen molar-refractivity contribution in [1.29, 1.82) is 0 Å². The lowest BCUT2D eigenvalue weighted by molar-refractivity contribution is 0.0697. The van der Waals surface area contributed by atoms with Crippen molar-refractivity contribution in [3.05, 3.63) is 51.9 Å². The predicted molar refractivity (Wildman–Crippen MR) is 73.4 cm³/mol. The van der Waals surface area contributed by atoms with Crippen molar-refractivity contribution in [2.24, 2.45) is 0 Å². The molecule has 2 N–H and O–H groups in total. The van der Waals surface area contributed by atoms with E-state index >= 15 is 0 Å². The second-order valence-electron chi connectivity index (χ2n) is 3.62. The lowest BCUT2D eigenvalue weighted by atomic mass is 10.2. The number of carboxylic acids is 1. The number of anilines is 1. The molecule has 0 aliphatic carbocycles. The molecular formula is C12H7Cl2N3O3. The maximum atomic E-state index is 12.0. The Morgan fingerprint density at radius 3 is 2.65 bits per heavy atom. The van der Waals surface area contributed by atoms with Crippen LogP contribution in [0.1, 0.15) is 20.8 Å². The van der Waals surface area contributed by atoms with E-state index in [1.54, 1.807) is 0 Å². The Kier molecular flexibility index (Phi) is 4.16. The van der Waals surface area contributed by atoms with Gasteiger partial charge in [0.05, 0.1) is 5.02 Å². The second-order valence-corrected chi connectivity index (χ2v) is 4.42. The van der Waals surface area contributed by atoms with E-state index in [1.807, 2.05) is 0 Å². The van der Waals surface area contributed by atoms with Crippen LogP contribution in [0.3, 0.4) is 0 Å². The summed E-state index contributed by atoms with van der Waals surface area (Å²) in [6.07, 6.45) is 1.36. The minimum absolute atomic E-state index is 0.0946. The van der Waals surface area contributed by atoms with Gasteiger partial charge >= 0.3 is 5.97 Å². The number of hydrogen-bond acceptors (Lipinski definition) is 4. The Bertz CT molecular complexity index is 691. The van der Waals surface area contributed by atoms with E-state index in [0.29, 0.717) is 0 Å². The maximum absolute atomic E-state index is 12.0. The molecule has 6 nitrogen and oxygen atoms in total. The Hall–Kier alpha value is -2.18. The lowest BCUT2D eigenvalue weighted by Gasteiger charge is -2.07. The first-order valence-corrected chi connectivity index (χ1v) is 6.06. The van der Waals surface area contributed by atoms with Gasteiger partial charge in [-0.05, 0) is 24.3 Å². The first-order valence-electron chi connectivity index (χ1n) is 5.30. The second kappa shape index (κ2) is 5.85. The standard InChI is InChI=1S/C12H7Cl2N3O3/c13-7-3-4-8(14)16-9(7)11(18)17-10-6(12(19)20)2-1-5-15-10/h1-5H,(H,19,20)(H,15,17,18). The number of pyridine rings is 2. The summed E-state index contributed by atoms with van der Waals surface area (Å²) in [5, 5.41) is 11.5. The molecule has 0 aromatic carbocycles. The number of aromatic carboxylic acids is 1. The predicted octanol–water partition coefficient (Wildman–Crippen LogP) is 2.73. The molecule has 0 aliphatic rings. The molecule has 1 amide bonds. The highest BCUT2D eigenvalue weighted by atomic mass is 35.5. The van der Waals surface area contributed by atoms with Crippen LogP contribution in [0.15, 0.2) is 30.5 Å². The van der Waals surface area contributed by atoms with Crippen LogP contribution in [0.25, 0.3) is 0 Å². The first kappa shape index (κ1) is 14.2. The number of amides is 1. The van der Waals surface area contributed by atoms with E-state index in [2.05, 4.69) is 15.3 Å². The zero-order valence-electron chi connectivity index (χ0n) is 9.80. The van der Waals surface area contributed by atoms with Crippen molar-refractivity contribution < 1.29 is 14.7 Å². The van der Waals surface area contributed by atoms with Gasteiger partial charge in [0.2, 0.25) is 0 Å². The number of hydrogen-bond donors (Lipinski definition) is 2. The van der Waals surface area contributed by atoms with E-state index in [4.69, 9.17) is 28.3 Å². The van der Waals surface area contributed by atoms with Crippen molar-refractivity contribution >= 4 is 40.9 Å². The highest BCUT2D eigenvalue weighted by Crippen LogP contribution is 2.19. The average Bonchev–Trinajstić information content (AvgIpc) is 2.41. The van der Waals surface area contributed by atoms with E-state index in [0.717, 1.165) is 0 Å². The molecule has 0 spiro atoms.